The smallest absolute Gasteiger partial charge is 0.414 e. The van der Waals surface area contributed by atoms with E-state index in [4.69, 9.17) is 5.11 Å². The molecule has 0 spiro atoms. The standard InChI is InChI=1S/C17H18N2O3/c1-10(2)14-9-18-15-4-3-11(7-13(14)15)12-5-6-19(17(21)22)16(20)8-12/h3-4,7-10,18H,5-6H2,1-2H3,(H,21,22). The summed E-state index contributed by atoms with van der Waals surface area (Å²) in [5, 5.41) is 10.1. The Bertz CT molecular complexity index is 786. The first-order valence-electron chi connectivity index (χ1n) is 7.33. The number of imide groups is 1. The van der Waals surface area contributed by atoms with E-state index in [1.54, 1.807) is 0 Å². The van der Waals surface area contributed by atoms with Gasteiger partial charge in [0.1, 0.15) is 0 Å². The van der Waals surface area contributed by atoms with Crippen LogP contribution >= 0.6 is 0 Å². The van der Waals surface area contributed by atoms with E-state index in [9.17, 15) is 9.59 Å². The fourth-order valence-corrected chi connectivity index (χ4v) is 2.88. The molecule has 1 aliphatic heterocycles. The molecule has 0 atom stereocenters. The third-order valence-corrected chi connectivity index (χ3v) is 4.11. The summed E-state index contributed by atoms with van der Waals surface area (Å²) in [6.45, 7) is 4.50. The van der Waals surface area contributed by atoms with E-state index < -0.39 is 12.0 Å². The molecule has 1 aromatic carbocycles. The van der Waals surface area contributed by atoms with Crippen LogP contribution in [-0.2, 0) is 4.79 Å². The molecule has 2 aromatic rings. The molecule has 1 aromatic heterocycles. The zero-order chi connectivity index (χ0) is 15.9. The molecule has 5 nitrogen and oxygen atoms in total. The van der Waals surface area contributed by atoms with Crippen molar-refractivity contribution in [3.63, 3.8) is 0 Å². The van der Waals surface area contributed by atoms with Crippen molar-refractivity contribution in [1.29, 1.82) is 0 Å². The van der Waals surface area contributed by atoms with E-state index in [1.807, 2.05) is 18.3 Å². The van der Waals surface area contributed by atoms with Crippen LogP contribution in [0.3, 0.4) is 0 Å². The fourth-order valence-electron chi connectivity index (χ4n) is 2.88. The summed E-state index contributed by atoms with van der Waals surface area (Å²) in [4.78, 5) is 26.9. The highest BCUT2D eigenvalue weighted by Crippen LogP contribution is 2.30. The molecule has 0 bridgehead atoms. The van der Waals surface area contributed by atoms with Gasteiger partial charge in [-0.05, 0) is 41.2 Å². The molecular weight excluding hydrogens is 280 g/mol. The van der Waals surface area contributed by atoms with Crippen LogP contribution in [0.5, 0.6) is 0 Å². The van der Waals surface area contributed by atoms with Gasteiger partial charge < -0.3 is 10.1 Å². The maximum Gasteiger partial charge on any atom is 0.414 e. The second-order valence-corrected chi connectivity index (χ2v) is 5.85. The molecule has 0 aliphatic carbocycles. The summed E-state index contributed by atoms with van der Waals surface area (Å²) < 4.78 is 0. The van der Waals surface area contributed by atoms with E-state index in [0.717, 1.165) is 26.9 Å². The molecule has 114 valence electrons. The van der Waals surface area contributed by atoms with Crippen molar-refractivity contribution < 1.29 is 14.7 Å². The Morgan fingerprint density at radius 3 is 2.77 bits per heavy atom. The van der Waals surface area contributed by atoms with E-state index in [2.05, 4.69) is 24.9 Å². The summed E-state index contributed by atoms with van der Waals surface area (Å²) in [6.07, 6.45) is 2.81. The Balaban J connectivity index is 2.00. The number of carbonyl (C=O) groups excluding carboxylic acids is 1. The van der Waals surface area contributed by atoms with Crippen LogP contribution in [0.2, 0.25) is 0 Å². The summed E-state index contributed by atoms with van der Waals surface area (Å²) in [5.74, 6) is -0.0551. The Hall–Kier alpha value is -2.56. The van der Waals surface area contributed by atoms with Crippen molar-refractivity contribution >= 4 is 28.5 Å². The van der Waals surface area contributed by atoms with Crippen molar-refractivity contribution in [3.8, 4) is 0 Å². The molecule has 22 heavy (non-hydrogen) atoms. The number of hydrogen-bond donors (Lipinski definition) is 2. The van der Waals surface area contributed by atoms with Gasteiger partial charge in [-0.15, -0.1) is 0 Å². The first-order valence-corrected chi connectivity index (χ1v) is 7.33. The van der Waals surface area contributed by atoms with Crippen LogP contribution < -0.4 is 0 Å². The molecule has 0 saturated carbocycles. The predicted molar refractivity (Wildman–Crippen MR) is 84.7 cm³/mol. The first-order chi connectivity index (χ1) is 10.5. The van der Waals surface area contributed by atoms with Gasteiger partial charge in [-0.25, -0.2) is 9.69 Å². The molecule has 0 radical (unpaired) electrons. The van der Waals surface area contributed by atoms with Crippen LogP contribution in [-0.4, -0.2) is 33.5 Å². The van der Waals surface area contributed by atoms with Gasteiger partial charge in [-0.3, -0.25) is 4.79 Å². The lowest BCUT2D eigenvalue weighted by atomic mass is 9.95. The summed E-state index contributed by atoms with van der Waals surface area (Å²) in [6, 6.07) is 6.06. The topological polar surface area (TPSA) is 73.4 Å². The van der Waals surface area contributed by atoms with E-state index in [0.29, 0.717) is 12.3 Å². The van der Waals surface area contributed by atoms with Gasteiger partial charge in [0, 0.05) is 29.7 Å². The Labute approximate surface area is 128 Å². The maximum atomic E-state index is 11.9. The monoisotopic (exact) mass is 298 g/mol. The van der Waals surface area contributed by atoms with Crippen molar-refractivity contribution in [2.75, 3.05) is 6.54 Å². The number of hydrogen-bond acceptors (Lipinski definition) is 2. The average Bonchev–Trinajstić information content (AvgIpc) is 2.89. The van der Waals surface area contributed by atoms with Crippen molar-refractivity contribution in [2.24, 2.45) is 0 Å². The van der Waals surface area contributed by atoms with E-state index >= 15 is 0 Å². The summed E-state index contributed by atoms with van der Waals surface area (Å²) in [5.41, 5.74) is 4.18. The first kappa shape index (κ1) is 14.4. The number of H-pyrrole nitrogens is 1. The van der Waals surface area contributed by atoms with Crippen molar-refractivity contribution in [3.05, 3.63) is 41.6 Å². The molecule has 2 amide bonds. The van der Waals surface area contributed by atoms with Gasteiger partial charge in [0.25, 0.3) is 5.91 Å². The largest absolute Gasteiger partial charge is 0.465 e. The zero-order valence-corrected chi connectivity index (χ0v) is 12.6. The van der Waals surface area contributed by atoms with Gasteiger partial charge in [-0.2, -0.15) is 0 Å². The highest BCUT2D eigenvalue weighted by molar-refractivity contribution is 6.04. The fraction of sp³-hybridized carbons (Fsp3) is 0.294. The second-order valence-electron chi connectivity index (χ2n) is 5.85. The maximum absolute atomic E-state index is 11.9. The van der Waals surface area contributed by atoms with Crippen LogP contribution in [0.1, 0.15) is 37.3 Å². The summed E-state index contributed by atoms with van der Waals surface area (Å²) in [7, 11) is 0. The quantitative estimate of drug-likeness (QED) is 0.890. The number of rotatable bonds is 2. The Kier molecular flexibility index (Phi) is 3.48. The number of carbonyl (C=O) groups is 2. The van der Waals surface area contributed by atoms with Gasteiger partial charge in [0.05, 0.1) is 0 Å². The minimum absolute atomic E-state index is 0.211. The Morgan fingerprint density at radius 2 is 2.14 bits per heavy atom. The number of fused-ring (bicyclic) bond motifs is 1. The number of nitrogens with one attached hydrogen (secondary N) is 1. The third-order valence-electron chi connectivity index (χ3n) is 4.11. The molecule has 1 aliphatic rings. The van der Waals surface area contributed by atoms with Crippen LogP contribution in [0.25, 0.3) is 16.5 Å². The van der Waals surface area contributed by atoms with Crippen molar-refractivity contribution in [1.82, 2.24) is 9.88 Å². The number of benzene rings is 1. The number of aromatic nitrogens is 1. The number of carboxylic acid groups (broad SMARTS) is 1. The molecule has 2 N–H and O–H groups in total. The van der Waals surface area contributed by atoms with Crippen molar-refractivity contribution in [2.45, 2.75) is 26.2 Å². The van der Waals surface area contributed by atoms with Crippen LogP contribution in [0, 0.1) is 0 Å². The molecule has 0 saturated heterocycles. The average molecular weight is 298 g/mol. The number of nitrogens with zero attached hydrogens (tertiary/aromatic N) is 1. The number of amides is 2. The van der Waals surface area contributed by atoms with Crippen LogP contribution in [0.4, 0.5) is 4.79 Å². The Morgan fingerprint density at radius 1 is 1.36 bits per heavy atom. The molecule has 0 fully saturated rings. The lowest BCUT2D eigenvalue weighted by molar-refractivity contribution is -0.124. The third kappa shape index (κ3) is 2.39. The normalized spacial score (nSPS) is 15.5. The summed E-state index contributed by atoms with van der Waals surface area (Å²) >= 11 is 0. The lowest BCUT2D eigenvalue weighted by Gasteiger charge is -2.22. The highest BCUT2D eigenvalue weighted by Gasteiger charge is 2.24. The minimum Gasteiger partial charge on any atom is -0.465 e. The van der Waals surface area contributed by atoms with E-state index in [-0.39, 0.29) is 6.54 Å². The molecular formula is C17H18N2O3. The van der Waals surface area contributed by atoms with E-state index in [1.165, 1.54) is 11.6 Å². The van der Waals surface area contributed by atoms with Gasteiger partial charge in [0.2, 0.25) is 0 Å². The molecule has 3 rings (SSSR count). The minimum atomic E-state index is -1.19. The lowest BCUT2D eigenvalue weighted by Crippen LogP contribution is -2.37. The SMILES string of the molecule is CC(C)c1c[nH]c2ccc(C3=CC(=O)N(C(=O)O)CC3)cc12. The van der Waals surface area contributed by atoms with Gasteiger partial charge in [0.15, 0.2) is 0 Å². The number of aromatic amines is 1. The molecule has 2 heterocycles. The predicted octanol–water partition coefficient (Wildman–Crippen LogP) is 3.59. The second kappa shape index (κ2) is 5.33. The van der Waals surface area contributed by atoms with Gasteiger partial charge in [-0.1, -0.05) is 19.9 Å². The van der Waals surface area contributed by atoms with Gasteiger partial charge >= 0.3 is 6.09 Å². The zero-order valence-electron chi connectivity index (χ0n) is 12.6. The molecule has 0 unspecified atom stereocenters. The highest BCUT2D eigenvalue weighted by atomic mass is 16.4. The van der Waals surface area contributed by atoms with Crippen LogP contribution in [0.15, 0.2) is 30.5 Å². The molecule has 5 heteroatoms.